The Bertz CT molecular complexity index is 1060. The topological polar surface area (TPSA) is 157 Å². The molecule has 0 radical (unpaired) electrons. The molecule has 0 heterocycles. The summed E-state index contributed by atoms with van der Waals surface area (Å²) in [5.74, 6) is -1.80. The maximum atomic E-state index is 13.6. The van der Waals surface area contributed by atoms with E-state index in [0.717, 1.165) is 0 Å². The van der Waals surface area contributed by atoms with Crippen molar-refractivity contribution in [2.24, 2.45) is 0 Å². The molecule has 0 atom stereocenters. The number of halogens is 10. The molecule has 0 aromatic carbocycles. The number of hydrogen-bond donors (Lipinski definition) is 2. The van der Waals surface area contributed by atoms with Crippen LogP contribution in [-0.4, -0.2) is 94.4 Å². The van der Waals surface area contributed by atoms with E-state index in [2.05, 4.69) is 46.3 Å². The van der Waals surface area contributed by atoms with Gasteiger partial charge in [-0.2, -0.15) is 35.1 Å². The van der Waals surface area contributed by atoms with Crippen LogP contribution in [0.15, 0.2) is 24.3 Å². The number of ether oxygens (including phenoxy) is 7. The molecule has 2 N–H and O–H groups in total. The molecule has 44 heavy (non-hydrogen) atoms. The molecular formula is C21H24F10N2O11. The van der Waals surface area contributed by atoms with Gasteiger partial charge in [-0.3, -0.25) is 0 Å². The van der Waals surface area contributed by atoms with Crippen molar-refractivity contribution >= 4 is 24.1 Å². The molecular weight excluding hydrogens is 646 g/mol. The van der Waals surface area contributed by atoms with E-state index in [0.29, 0.717) is 0 Å². The van der Waals surface area contributed by atoms with Gasteiger partial charge in [0.25, 0.3) is 0 Å². The summed E-state index contributed by atoms with van der Waals surface area (Å²) in [5.41, 5.74) is -0.0839. The van der Waals surface area contributed by atoms with Gasteiger partial charge in [0.05, 0.1) is 13.1 Å². The van der Waals surface area contributed by atoms with E-state index < -0.39 is 94.4 Å². The molecule has 0 saturated carbocycles. The van der Waals surface area contributed by atoms with Crippen molar-refractivity contribution in [2.45, 2.75) is 44.6 Å². The first-order valence-electron chi connectivity index (χ1n) is 11.3. The first-order valence-corrected chi connectivity index (χ1v) is 11.3. The maximum absolute atomic E-state index is 13.6. The van der Waals surface area contributed by atoms with Crippen LogP contribution in [0, 0.1) is 0 Å². The summed E-state index contributed by atoms with van der Waals surface area (Å²) >= 11 is 0. The van der Waals surface area contributed by atoms with Gasteiger partial charge in [0.1, 0.15) is 13.2 Å². The summed E-state index contributed by atoms with van der Waals surface area (Å²) in [7, 11) is 0. The number of carbonyl (C=O) groups excluding carboxylic acids is 4. The highest BCUT2D eigenvalue weighted by molar-refractivity contribution is 5.87. The Morgan fingerprint density at radius 1 is 0.568 bits per heavy atom. The van der Waals surface area contributed by atoms with Gasteiger partial charge in [0.2, 0.25) is 0 Å². The zero-order valence-electron chi connectivity index (χ0n) is 22.4. The molecule has 0 aliphatic heterocycles. The molecule has 0 aliphatic rings. The van der Waals surface area contributed by atoms with E-state index in [4.69, 9.17) is 0 Å². The van der Waals surface area contributed by atoms with Crippen LogP contribution in [0.2, 0.25) is 0 Å². The Hall–Kier alpha value is -3.86. The van der Waals surface area contributed by atoms with Gasteiger partial charge in [-0.1, -0.05) is 13.2 Å². The second-order valence-electron chi connectivity index (χ2n) is 7.92. The fourth-order valence-electron chi connectivity index (χ4n) is 1.95. The van der Waals surface area contributed by atoms with Gasteiger partial charge in [-0.05, 0) is 13.8 Å². The van der Waals surface area contributed by atoms with E-state index >= 15 is 0 Å². The van der Waals surface area contributed by atoms with Crippen LogP contribution in [0.5, 0.6) is 0 Å². The van der Waals surface area contributed by atoms with Gasteiger partial charge >= 0.3 is 54.9 Å². The van der Waals surface area contributed by atoms with Gasteiger partial charge < -0.3 is 29.6 Å². The first kappa shape index (κ1) is 40.1. The number of nitrogens with one attached hydrogen (secondary N) is 2. The average Bonchev–Trinajstić information content (AvgIpc) is 2.84. The van der Waals surface area contributed by atoms with Crippen molar-refractivity contribution in [3.8, 4) is 0 Å². The SMILES string of the molecule is C=C(C)C(=O)OCCNC(=O)OCC(F)(F)OC(F)(F)OC(F)(F)C(F)(F)OC(F)(F)COC(=O)NCCOC(=O)C(=C)C. The van der Waals surface area contributed by atoms with Crippen molar-refractivity contribution in [3.63, 3.8) is 0 Å². The summed E-state index contributed by atoms with van der Waals surface area (Å²) in [4.78, 5) is 44.7. The van der Waals surface area contributed by atoms with Crippen LogP contribution in [0.4, 0.5) is 53.5 Å². The predicted octanol–water partition coefficient (Wildman–Crippen LogP) is 3.65. The minimum Gasteiger partial charge on any atom is -0.460 e. The lowest BCUT2D eigenvalue weighted by molar-refractivity contribution is -0.566. The molecule has 0 aliphatic carbocycles. The van der Waals surface area contributed by atoms with E-state index in [9.17, 15) is 63.1 Å². The quantitative estimate of drug-likeness (QED) is 0.0517. The number of carbonyl (C=O) groups is 4. The molecule has 0 aromatic rings. The third-order valence-electron chi connectivity index (χ3n) is 3.78. The normalized spacial score (nSPS) is 12.5. The largest absolute Gasteiger partial charge is 0.495 e. The second-order valence-corrected chi connectivity index (χ2v) is 7.92. The van der Waals surface area contributed by atoms with Crippen LogP contribution in [0.25, 0.3) is 0 Å². The number of alkyl halides is 10. The lowest BCUT2D eigenvalue weighted by Crippen LogP contribution is -2.54. The van der Waals surface area contributed by atoms with Crippen LogP contribution in [-0.2, 0) is 42.7 Å². The number of rotatable bonds is 19. The highest BCUT2D eigenvalue weighted by atomic mass is 19.3. The van der Waals surface area contributed by atoms with Crippen molar-refractivity contribution in [1.29, 1.82) is 0 Å². The average molecular weight is 670 g/mol. The van der Waals surface area contributed by atoms with Crippen LogP contribution in [0.1, 0.15) is 13.8 Å². The Morgan fingerprint density at radius 3 is 1.27 bits per heavy atom. The van der Waals surface area contributed by atoms with Gasteiger partial charge in [-0.15, -0.1) is 8.78 Å². The van der Waals surface area contributed by atoms with Crippen molar-refractivity contribution < 1.29 is 96.2 Å². The van der Waals surface area contributed by atoms with E-state index in [1.165, 1.54) is 13.8 Å². The fraction of sp³-hybridized carbons (Fsp3) is 0.619. The molecule has 254 valence electrons. The van der Waals surface area contributed by atoms with E-state index in [1.54, 1.807) is 10.6 Å². The zero-order chi connectivity index (χ0) is 34.6. The Balaban J connectivity index is 4.89. The van der Waals surface area contributed by atoms with Crippen molar-refractivity contribution in [2.75, 3.05) is 39.5 Å². The van der Waals surface area contributed by atoms with E-state index in [1.807, 2.05) is 0 Å². The number of amides is 2. The molecule has 0 rings (SSSR count). The minimum absolute atomic E-state index is 0.0387. The molecule has 0 bridgehead atoms. The zero-order valence-corrected chi connectivity index (χ0v) is 22.4. The Labute approximate surface area is 240 Å². The highest BCUT2D eigenvalue weighted by Gasteiger charge is 2.69. The highest BCUT2D eigenvalue weighted by Crippen LogP contribution is 2.44. The number of esters is 2. The lowest BCUT2D eigenvalue weighted by atomic mass is 10.4. The standard InChI is InChI=1S/C21H24F10N2O11/c1-11(2)13(34)38-7-5-32-15(36)40-9-17(22,23)42-19(26,27)20(28,29)44-21(30,31)43-18(24,25)10-41-16(37)33-6-8-39-14(35)12(3)4/h1,3,5-10H2,2,4H3,(H,32,36)(H,33,37). The smallest absolute Gasteiger partial charge is 0.460 e. The molecule has 0 unspecified atom stereocenters. The lowest BCUT2D eigenvalue weighted by Gasteiger charge is -2.31. The van der Waals surface area contributed by atoms with Crippen molar-refractivity contribution in [1.82, 2.24) is 10.6 Å². The molecule has 0 spiro atoms. The van der Waals surface area contributed by atoms with Gasteiger partial charge in [0.15, 0.2) is 13.2 Å². The summed E-state index contributed by atoms with van der Waals surface area (Å²) in [6.45, 7) is 1.80. The maximum Gasteiger partial charge on any atom is 0.495 e. The molecule has 0 aromatic heterocycles. The summed E-state index contributed by atoms with van der Waals surface area (Å²) < 4.78 is 159. The number of hydrogen-bond acceptors (Lipinski definition) is 11. The molecule has 23 heteroatoms. The van der Waals surface area contributed by atoms with E-state index in [-0.39, 0.29) is 11.1 Å². The van der Waals surface area contributed by atoms with Crippen LogP contribution < -0.4 is 10.6 Å². The van der Waals surface area contributed by atoms with Gasteiger partial charge in [0, 0.05) is 11.1 Å². The van der Waals surface area contributed by atoms with Crippen LogP contribution >= 0.6 is 0 Å². The fourth-order valence-corrected chi connectivity index (χ4v) is 1.95. The second kappa shape index (κ2) is 16.3. The third-order valence-corrected chi connectivity index (χ3v) is 3.78. The summed E-state index contributed by atoms with van der Waals surface area (Å²) in [6, 6.07) is 0. The Morgan fingerprint density at radius 2 is 0.909 bits per heavy atom. The third kappa shape index (κ3) is 16.1. The Kier molecular flexibility index (Phi) is 14.9. The minimum atomic E-state index is -6.81. The molecule has 0 fully saturated rings. The predicted molar refractivity (Wildman–Crippen MR) is 118 cm³/mol. The summed E-state index contributed by atoms with van der Waals surface area (Å²) in [6.07, 6.45) is -34.4. The number of alkyl carbamates (subject to hydrolysis) is 2. The van der Waals surface area contributed by atoms with Gasteiger partial charge in [-0.25, -0.2) is 33.4 Å². The monoisotopic (exact) mass is 670 g/mol. The first-order chi connectivity index (χ1) is 19.8. The molecule has 13 nitrogen and oxygen atoms in total. The molecule has 0 saturated heterocycles. The molecule has 2 amide bonds. The van der Waals surface area contributed by atoms with Crippen molar-refractivity contribution in [3.05, 3.63) is 24.3 Å². The van der Waals surface area contributed by atoms with Crippen LogP contribution in [0.3, 0.4) is 0 Å². The summed E-state index contributed by atoms with van der Waals surface area (Å²) in [5, 5.41) is 3.36.